The average molecular weight is 395 g/mol. The van der Waals surface area contributed by atoms with E-state index in [0.29, 0.717) is 12.5 Å². The van der Waals surface area contributed by atoms with Crippen LogP contribution >= 0.6 is 11.8 Å². The van der Waals surface area contributed by atoms with Crippen molar-refractivity contribution in [2.75, 3.05) is 36.9 Å². The number of rotatable bonds is 4. The zero-order valence-electron chi connectivity index (χ0n) is 15.7. The van der Waals surface area contributed by atoms with Gasteiger partial charge in [0.1, 0.15) is 0 Å². The summed E-state index contributed by atoms with van der Waals surface area (Å²) >= 11 is 1.90. The molecule has 1 amide bonds. The number of amides is 1. The van der Waals surface area contributed by atoms with Crippen molar-refractivity contribution in [2.45, 2.75) is 6.92 Å². The minimum absolute atomic E-state index is 0.105. The quantitative estimate of drug-likeness (QED) is 0.730. The second kappa shape index (κ2) is 8.06. The molecular formula is C21H22N4O2S. The maximum absolute atomic E-state index is 12.6. The molecule has 0 spiro atoms. The van der Waals surface area contributed by atoms with Gasteiger partial charge in [-0.1, -0.05) is 18.2 Å². The summed E-state index contributed by atoms with van der Waals surface area (Å²) in [6, 6.07) is 13.6. The highest BCUT2D eigenvalue weighted by atomic mass is 32.2. The first-order valence-corrected chi connectivity index (χ1v) is 10.5. The molecule has 1 aromatic heterocycles. The van der Waals surface area contributed by atoms with Crippen LogP contribution in [0.15, 0.2) is 42.5 Å². The fourth-order valence-electron chi connectivity index (χ4n) is 3.30. The van der Waals surface area contributed by atoms with E-state index in [1.807, 2.05) is 66.1 Å². The fourth-order valence-corrected chi connectivity index (χ4v) is 4.20. The summed E-state index contributed by atoms with van der Waals surface area (Å²) in [6.45, 7) is 4.05. The minimum atomic E-state index is 0.105. The van der Waals surface area contributed by atoms with Crippen molar-refractivity contribution in [3.8, 4) is 17.0 Å². The molecule has 144 valence electrons. The fraction of sp³-hybridized carbons (Fsp3) is 0.286. The van der Waals surface area contributed by atoms with Gasteiger partial charge in [-0.05, 0) is 42.3 Å². The van der Waals surface area contributed by atoms with Crippen LogP contribution in [0.5, 0.6) is 5.88 Å². The lowest BCUT2D eigenvalue weighted by molar-refractivity contribution is 0.0772. The number of hydrogen-bond acceptors (Lipinski definition) is 6. The Morgan fingerprint density at radius 3 is 2.54 bits per heavy atom. The van der Waals surface area contributed by atoms with Crippen molar-refractivity contribution < 1.29 is 9.53 Å². The molecular weight excluding hydrogens is 372 g/mol. The first-order chi connectivity index (χ1) is 13.7. The van der Waals surface area contributed by atoms with Crippen LogP contribution in [0.3, 0.4) is 0 Å². The van der Waals surface area contributed by atoms with Crippen molar-refractivity contribution in [1.82, 2.24) is 14.9 Å². The second-order valence-electron chi connectivity index (χ2n) is 6.53. The number of carbonyl (C=O) groups excluding carboxylic acids is 1. The molecule has 6 nitrogen and oxygen atoms in total. The van der Waals surface area contributed by atoms with E-state index in [4.69, 9.17) is 10.5 Å². The van der Waals surface area contributed by atoms with Crippen LogP contribution in [0.1, 0.15) is 17.3 Å². The number of nitrogens with zero attached hydrogens (tertiary/aromatic N) is 3. The van der Waals surface area contributed by atoms with Gasteiger partial charge in [0.05, 0.1) is 17.5 Å². The highest BCUT2D eigenvalue weighted by Crippen LogP contribution is 2.29. The van der Waals surface area contributed by atoms with Gasteiger partial charge in [0.2, 0.25) is 11.8 Å². The smallest absolute Gasteiger partial charge is 0.253 e. The Morgan fingerprint density at radius 2 is 1.82 bits per heavy atom. The lowest BCUT2D eigenvalue weighted by atomic mass is 10.0. The third kappa shape index (κ3) is 3.75. The minimum Gasteiger partial charge on any atom is -0.477 e. The normalized spacial score (nSPS) is 14.2. The number of hydrogen-bond donors (Lipinski definition) is 1. The van der Waals surface area contributed by atoms with Crippen molar-refractivity contribution in [3.63, 3.8) is 0 Å². The predicted octanol–water partition coefficient (Wildman–Crippen LogP) is 3.47. The SMILES string of the molecule is CCOc1nc(N)nc2ccc(-c3ccc(C(=O)N4CCSCC4)cc3)cc12. The van der Waals surface area contributed by atoms with E-state index in [1.165, 1.54) is 0 Å². The Hall–Kier alpha value is -2.80. The van der Waals surface area contributed by atoms with Gasteiger partial charge in [0, 0.05) is 30.2 Å². The zero-order valence-corrected chi connectivity index (χ0v) is 16.5. The average Bonchev–Trinajstić information content (AvgIpc) is 2.74. The molecule has 1 aliphatic rings. The van der Waals surface area contributed by atoms with E-state index >= 15 is 0 Å². The molecule has 0 atom stereocenters. The van der Waals surface area contributed by atoms with Crippen LogP contribution in [0, 0.1) is 0 Å². The number of ether oxygens (including phenoxy) is 1. The molecule has 0 unspecified atom stereocenters. The van der Waals surface area contributed by atoms with Crippen LogP contribution in [-0.4, -0.2) is 52.0 Å². The van der Waals surface area contributed by atoms with Crippen LogP contribution < -0.4 is 10.5 Å². The second-order valence-corrected chi connectivity index (χ2v) is 7.76. The van der Waals surface area contributed by atoms with Gasteiger partial charge < -0.3 is 15.4 Å². The van der Waals surface area contributed by atoms with Crippen LogP contribution in [0.2, 0.25) is 0 Å². The third-order valence-electron chi connectivity index (χ3n) is 4.72. The van der Waals surface area contributed by atoms with Crippen LogP contribution in [0.25, 0.3) is 22.0 Å². The Balaban J connectivity index is 1.63. The Morgan fingerprint density at radius 1 is 1.11 bits per heavy atom. The van der Waals surface area contributed by atoms with Gasteiger partial charge in [0.15, 0.2) is 0 Å². The number of carbonyl (C=O) groups is 1. The molecule has 28 heavy (non-hydrogen) atoms. The molecule has 0 saturated carbocycles. The molecule has 2 aromatic carbocycles. The molecule has 7 heteroatoms. The largest absolute Gasteiger partial charge is 0.477 e. The highest BCUT2D eigenvalue weighted by Gasteiger charge is 2.18. The molecule has 2 N–H and O–H groups in total. The summed E-state index contributed by atoms with van der Waals surface area (Å²) in [7, 11) is 0. The van der Waals surface area contributed by atoms with Crippen molar-refractivity contribution in [3.05, 3.63) is 48.0 Å². The summed E-state index contributed by atoms with van der Waals surface area (Å²) in [5.41, 5.74) is 9.27. The Bertz CT molecular complexity index is 1000. The first-order valence-electron chi connectivity index (χ1n) is 9.33. The maximum atomic E-state index is 12.6. The molecule has 4 rings (SSSR count). The van der Waals surface area contributed by atoms with E-state index in [2.05, 4.69) is 9.97 Å². The van der Waals surface area contributed by atoms with Crippen LogP contribution in [-0.2, 0) is 0 Å². The molecule has 3 aromatic rings. The van der Waals surface area contributed by atoms with E-state index < -0.39 is 0 Å². The number of nitrogens with two attached hydrogens (primary N) is 1. The van der Waals surface area contributed by atoms with Crippen molar-refractivity contribution in [2.24, 2.45) is 0 Å². The predicted molar refractivity (Wildman–Crippen MR) is 114 cm³/mol. The summed E-state index contributed by atoms with van der Waals surface area (Å²) in [5.74, 6) is 2.81. The zero-order chi connectivity index (χ0) is 19.5. The summed E-state index contributed by atoms with van der Waals surface area (Å²) in [4.78, 5) is 23.1. The number of anilines is 1. The van der Waals surface area contributed by atoms with Gasteiger partial charge in [-0.25, -0.2) is 4.98 Å². The van der Waals surface area contributed by atoms with E-state index in [1.54, 1.807) is 0 Å². The third-order valence-corrected chi connectivity index (χ3v) is 5.67. The number of fused-ring (bicyclic) bond motifs is 1. The van der Waals surface area contributed by atoms with E-state index in [0.717, 1.165) is 52.2 Å². The Kier molecular flexibility index (Phi) is 5.34. The molecule has 0 radical (unpaired) electrons. The molecule has 1 saturated heterocycles. The summed E-state index contributed by atoms with van der Waals surface area (Å²) < 4.78 is 5.63. The van der Waals surface area contributed by atoms with Gasteiger partial charge in [-0.15, -0.1) is 0 Å². The lowest BCUT2D eigenvalue weighted by Gasteiger charge is -2.26. The first kappa shape index (κ1) is 18.6. The molecule has 0 bridgehead atoms. The highest BCUT2D eigenvalue weighted by molar-refractivity contribution is 7.99. The summed E-state index contributed by atoms with van der Waals surface area (Å²) in [6.07, 6.45) is 0. The van der Waals surface area contributed by atoms with Crippen molar-refractivity contribution in [1.29, 1.82) is 0 Å². The number of thioether (sulfide) groups is 1. The van der Waals surface area contributed by atoms with E-state index in [9.17, 15) is 4.79 Å². The molecule has 0 aliphatic carbocycles. The number of nitrogen functional groups attached to an aromatic ring is 1. The van der Waals surface area contributed by atoms with Gasteiger partial charge in [-0.2, -0.15) is 16.7 Å². The van der Waals surface area contributed by atoms with Gasteiger partial charge >= 0.3 is 0 Å². The molecule has 1 aliphatic heterocycles. The standard InChI is InChI=1S/C21H22N4O2S/c1-2-27-19-17-13-16(7-8-18(17)23-21(22)24-19)14-3-5-15(6-4-14)20(26)25-9-11-28-12-10-25/h3-8,13H,2,9-12H2,1H3,(H2,22,23,24). The molecule has 1 fully saturated rings. The van der Waals surface area contributed by atoms with Gasteiger partial charge in [-0.3, -0.25) is 4.79 Å². The molecule has 2 heterocycles. The monoisotopic (exact) mass is 394 g/mol. The van der Waals surface area contributed by atoms with Gasteiger partial charge in [0.25, 0.3) is 5.91 Å². The topological polar surface area (TPSA) is 81.3 Å². The van der Waals surface area contributed by atoms with Crippen molar-refractivity contribution >= 4 is 34.5 Å². The lowest BCUT2D eigenvalue weighted by Crippen LogP contribution is -2.37. The number of benzene rings is 2. The van der Waals surface area contributed by atoms with E-state index in [-0.39, 0.29) is 11.9 Å². The maximum Gasteiger partial charge on any atom is 0.253 e. The Labute approximate surface area is 168 Å². The number of aromatic nitrogens is 2. The summed E-state index contributed by atoms with van der Waals surface area (Å²) in [5, 5.41) is 0.819. The van der Waals surface area contributed by atoms with Crippen LogP contribution in [0.4, 0.5) is 5.95 Å².